The van der Waals surface area contributed by atoms with E-state index in [1.165, 1.54) is 10.4 Å². The summed E-state index contributed by atoms with van der Waals surface area (Å²) in [5.41, 5.74) is 3.40. The van der Waals surface area contributed by atoms with Crippen LogP contribution in [0, 0.1) is 0 Å². The van der Waals surface area contributed by atoms with Gasteiger partial charge in [0.15, 0.2) is 5.13 Å². The Hall–Kier alpha value is -2.67. The molecule has 2 aromatic heterocycles. The molecule has 2 aromatic carbocycles. The molecule has 0 radical (unpaired) electrons. The highest BCUT2D eigenvalue weighted by atomic mass is 32.1. The number of benzene rings is 2. The standard InChI is InChI=1S/C22H21N3OS2/c1-26-19-11-9-17(10-12-19)24-22-25-18(15-28-22)14-23-21(20-8-5-13-27-20)16-6-3-2-4-7-16/h2-13,15,21,23H,14H2,1H3,(H,24,25)/p+1/t21-/m1/s1. The quantitative estimate of drug-likeness (QED) is 0.440. The number of hydrogen-bond acceptors (Lipinski definition) is 5. The number of rotatable bonds is 8. The molecular formula is C22H22N3OS2+. The summed E-state index contributed by atoms with van der Waals surface area (Å²) in [6, 6.07) is 23.1. The van der Waals surface area contributed by atoms with Crippen LogP contribution in [0.5, 0.6) is 5.75 Å². The lowest BCUT2D eigenvalue weighted by Gasteiger charge is -2.14. The minimum atomic E-state index is 0.292. The van der Waals surface area contributed by atoms with Gasteiger partial charge in [0.2, 0.25) is 0 Å². The van der Waals surface area contributed by atoms with Crippen molar-refractivity contribution in [1.82, 2.24) is 4.98 Å². The first-order chi connectivity index (χ1) is 13.8. The maximum Gasteiger partial charge on any atom is 0.187 e. The molecule has 0 spiro atoms. The number of aromatic nitrogens is 1. The van der Waals surface area contributed by atoms with Gasteiger partial charge in [-0.05, 0) is 35.7 Å². The Labute approximate surface area is 172 Å². The summed E-state index contributed by atoms with van der Waals surface area (Å²) in [6.07, 6.45) is 0. The predicted molar refractivity (Wildman–Crippen MR) is 117 cm³/mol. The Balaban J connectivity index is 1.42. The monoisotopic (exact) mass is 408 g/mol. The maximum atomic E-state index is 5.20. The van der Waals surface area contributed by atoms with Gasteiger partial charge in [-0.25, -0.2) is 4.98 Å². The zero-order chi connectivity index (χ0) is 19.2. The molecule has 2 heterocycles. The number of quaternary nitrogens is 1. The van der Waals surface area contributed by atoms with E-state index in [9.17, 15) is 0 Å². The van der Waals surface area contributed by atoms with E-state index in [1.54, 1.807) is 29.8 Å². The van der Waals surface area contributed by atoms with Crippen molar-refractivity contribution in [1.29, 1.82) is 0 Å². The highest BCUT2D eigenvalue weighted by molar-refractivity contribution is 7.13. The topological polar surface area (TPSA) is 50.8 Å². The zero-order valence-electron chi connectivity index (χ0n) is 15.5. The number of nitrogens with one attached hydrogen (secondary N) is 1. The second-order valence-corrected chi connectivity index (χ2v) is 8.18. The average molecular weight is 409 g/mol. The van der Waals surface area contributed by atoms with Gasteiger partial charge in [-0.3, -0.25) is 0 Å². The minimum absolute atomic E-state index is 0.292. The van der Waals surface area contributed by atoms with Crippen LogP contribution in [0.25, 0.3) is 0 Å². The van der Waals surface area contributed by atoms with Crippen molar-refractivity contribution in [2.75, 3.05) is 12.4 Å². The molecule has 4 aromatic rings. The first-order valence-electron chi connectivity index (χ1n) is 9.09. The first-order valence-corrected chi connectivity index (χ1v) is 10.8. The molecule has 142 valence electrons. The van der Waals surface area contributed by atoms with Gasteiger partial charge >= 0.3 is 0 Å². The van der Waals surface area contributed by atoms with Gasteiger partial charge in [0.05, 0.1) is 12.0 Å². The Bertz CT molecular complexity index is 982. The van der Waals surface area contributed by atoms with Crippen LogP contribution in [0.15, 0.2) is 77.5 Å². The zero-order valence-corrected chi connectivity index (χ0v) is 17.2. The fourth-order valence-corrected chi connectivity index (χ4v) is 4.63. The second-order valence-electron chi connectivity index (χ2n) is 6.34. The molecule has 6 heteroatoms. The minimum Gasteiger partial charge on any atom is -0.497 e. The van der Waals surface area contributed by atoms with Crippen LogP contribution < -0.4 is 15.4 Å². The van der Waals surface area contributed by atoms with Crippen molar-refractivity contribution in [2.24, 2.45) is 0 Å². The molecule has 0 aliphatic carbocycles. The molecule has 0 bridgehead atoms. The number of thiophene rings is 1. The summed E-state index contributed by atoms with van der Waals surface area (Å²) in [7, 11) is 1.67. The number of anilines is 2. The Morgan fingerprint density at radius 2 is 1.82 bits per heavy atom. The summed E-state index contributed by atoms with van der Waals surface area (Å²) in [4.78, 5) is 6.10. The Morgan fingerprint density at radius 1 is 1.00 bits per heavy atom. The fraction of sp³-hybridized carbons (Fsp3) is 0.136. The highest BCUT2D eigenvalue weighted by Gasteiger charge is 2.19. The van der Waals surface area contributed by atoms with E-state index in [1.807, 2.05) is 24.3 Å². The number of methoxy groups -OCH3 is 1. The number of ether oxygens (including phenoxy) is 1. The van der Waals surface area contributed by atoms with Gasteiger partial charge in [0.1, 0.15) is 24.0 Å². The first kappa shape index (κ1) is 18.7. The lowest BCUT2D eigenvalue weighted by atomic mass is 10.1. The summed E-state index contributed by atoms with van der Waals surface area (Å²) >= 11 is 3.43. The second kappa shape index (κ2) is 9.01. The molecule has 0 saturated heterocycles. The molecular weight excluding hydrogens is 386 g/mol. The molecule has 0 aliphatic rings. The molecule has 0 aliphatic heterocycles. The number of nitrogens with zero attached hydrogens (tertiary/aromatic N) is 1. The Morgan fingerprint density at radius 3 is 2.54 bits per heavy atom. The van der Waals surface area contributed by atoms with Crippen LogP contribution in [-0.2, 0) is 6.54 Å². The van der Waals surface area contributed by atoms with E-state index >= 15 is 0 Å². The molecule has 0 amide bonds. The smallest absolute Gasteiger partial charge is 0.187 e. The normalized spacial score (nSPS) is 11.9. The van der Waals surface area contributed by atoms with Crippen LogP contribution in [-0.4, -0.2) is 12.1 Å². The molecule has 4 nitrogen and oxygen atoms in total. The van der Waals surface area contributed by atoms with Gasteiger partial charge in [0.25, 0.3) is 0 Å². The lowest BCUT2D eigenvalue weighted by molar-refractivity contribution is -0.702. The Kier molecular flexibility index (Phi) is 6.01. The van der Waals surface area contributed by atoms with E-state index < -0.39 is 0 Å². The van der Waals surface area contributed by atoms with Crippen LogP contribution in [0.4, 0.5) is 10.8 Å². The van der Waals surface area contributed by atoms with Gasteiger partial charge in [-0.1, -0.05) is 36.4 Å². The molecule has 1 atom stereocenters. The number of nitrogens with two attached hydrogens (primary N) is 1. The predicted octanol–water partition coefficient (Wildman–Crippen LogP) is 4.81. The van der Waals surface area contributed by atoms with E-state index in [0.717, 1.165) is 28.8 Å². The number of hydrogen-bond donors (Lipinski definition) is 2. The van der Waals surface area contributed by atoms with E-state index in [2.05, 4.69) is 63.9 Å². The van der Waals surface area contributed by atoms with Gasteiger partial charge < -0.3 is 15.4 Å². The molecule has 4 rings (SSSR count). The van der Waals surface area contributed by atoms with Crippen molar-refractivity contribution < 1.29 is 10.1 Å². The summed E-state index contributed by atoms with van der Waals surface area (Å²) < 4.78 is 5.20. The van der Waals surface area contributed by atoms with Crippen LogP contribution in [0.3, 0.4) is 0 Å². The SMILES string of the molecule is COc1ccc(Nc2nc(C[NH2+][C@H](c3ccccc3)c3cccs3)cs2)cc1. The van der Waals surface area contributed by atoms with Crippen LogP contribution >= 0.6 is 22.7 Å². The molecule has 0 saturated carbocycles. The van der Waals surface area contributed by atoms with E-state index in [0.29, 0.717) is 6.04 Å². The lowest BCUT2D eigenvalue weighted by Crippen LogP contribution is -2.83. The largest absolute Gasteiger partial charge is 0.497 e. The van der Waals surface area contributed by atoms with Crippen molar-refractivity contribution in [2.45, 2.75) is 12.6 Å². The summed E-state index contributed by atoms with van der Waals surface area (Å²) in [5.74, 6) is 0.848. The van der Waals surface area contributed by atoms with Crippen LogP contribution in [0.2, 0.25) is 0 Å². The third-order valence-corrected chi connectivity index (χ3v) is 6.23. The highest BCUT2D eigenvalue weighted by Crippen LogP contribution is 2.24. The summed E-state index contributed by atoms with van der Waals surface area (Å²) in [5, 5.41) is 10.9. The average Bonchev–Trinajstić information content (AvgIpc) is 3.42. The van der Waals surface area contributed by atoms with Gasteiger partial charge in [-0.2, -0.15) is 0 Å². The van der Waals surface area contributed by atoms with Gasteiger partial charge in [0, 0.05) is 16.6 Å². The van der Waals surface area contributed by atoms with E-state index in [-0.39, 0.29) is 0 Å². The van der Waals surface area contributed by atoms with Crippen molar-refractivity contribution >= 4 is 33.5 Å². The van der Waals surface area contributed by atoms with Gasteiger partial charge in [-0.15, -0.1) is 22.7 Å². The van der Waals surface area contributed by atoms with E-state index in [4.69, 9.17) is 9.72 Å². The van der Waals surface area contributed by atoms with Crippen molar-refractivity contribution in [3.05, 3.63) is 93.6 Å². The molecule has 3 N–H and O–H groups in total. The third kappa shape index (κ3) is 4.59. The van der Waals surface area contributed by atoms with Crippen molar-refractivity contribution in [3.63, 3.8) is 0 Å². The fourth-order valence-electron chi connectivity index (χ4n) is 3.04. The third-order valence-electron chi connectivity index (χ3n) is 4.46. The summed E-state index contributed by atoms with van der Waals surface area (Å²) in [6.45, 7) is 0.832. The number of thiazole rings is 1. The molecule has 28 heavy (non-hydrogen) atoms. The maximum absolute atomic E-state index is 5.20. The van der Waals surface area contributed by atoms with Crippen molar-refractivity contribution in [3.8, 4) is 5.75 Å². The van der Waals surface area contributed by atoms with Crippen LogP contribution in [0.1, 0.15) is 22.2 Å². The molecule has 0 unspecified atom stereocenters. The molecule has 0 fully saturated rings.